The van der Waals surface area contributed by atoms with Gasteiger partial charge in [0.25, 0.3) is 0 Å². The highest BCUT2D eigenvalue weighted by Gasteiger charge is 2.09. The van der Waals surface area contributed by atoms with E-state index in [1.165, 1.54) is 6.33 Å². The fraction of sp³-hybridized carbons (Fsp3) is 0.167. The summed E-state index contributed by atoms with van der Waals surface area (Å²) >= 11 is 0. The Morgan fingerprint density at radius 1 is 1.12 bits per heavy atom. The van der Waals surface area contributed by atoms with Gasteiger partial charge in [0, 0.05) is 5.56 Å². The molecule has 0 saturated carbocycles. The number of hydrogen-bond acceptors (Lipinski definition) is 5. The van der Waals surface area contributed by atoms with Gasteiger partial charge in [0.15, 0.2) is 11.5 Å². The molecule has 0 amide bonds. The first kappa shape index (κ1) is 11.2. The molecule has 17 heavy (non-hydrogen) atoms. The molecule has 2 rings (SSSR count). The Hall–Kier alpha value is -2.30. The molecule has 1 heterocycles. The maximum atomic E-state index is 5.82. The Morgan fingerprint density at radius 2 is 1.88 bits per heavy atom. The summed E-state index contributed by atoms with van der Waals surface area (Å²) in [6.07, 6.45) is 3.03. The van der Waals surface area contributed by atoms with Crippen LogP contribution in [0.25, 0.3) is 11.3 Å². The summed E-state index contributed by atoms with van der Waals surface area (Å²) in [7, 11) is 3.18. The summed E-state index contributed by atoms with van der Waals surface area (Å²) in [6, 6.07) is 5.52. The van der Waals surface area contributed by atoms with Gasteiger partial charge in [-0.05, 0) is 18.2 Å². The summed E-state index contributed by atoms with van der Waals surface area (Å²) < 4.78 is 10.4. The average molecular weight is 231 g/mol. The number of benzene rings is 1. The summed E-state index contributed by atoms with van der Waals surface area (Å²) in [5.74, 6) is 1.31. The number of nitrogens with zero attached hydrogens (tertiary/aromatic N) is 2. The number of methoxy groups -OCH3 is 2. The Balaban J connectivity index is 2.50. The first-order chi connectivity index (χ1) is 8.26. The first-order valence-electron chi connectivity index (χ1n) is 5.04. The van der Waals surface area contributed by atoms with E-state index in [1.807, 2.05) is 18.2 Å². The maximum Gasteiger partial charge on any atom is 0.161 e. The summed E-state index contributed by atoms with van der Waals surface area (Å²) in [5, 5.41) is 0. The molecule has 0 saturated heterocycles. The van der Waals surface area contributed by atoms with Crippen molar-refractivity contribution in [1.82, 2.24) is 9.97 Å². The van der Waals surface area contributed by atoms with E-state index in [0.29, 0.717) is 22.9 Å². The quantitative estimate of drug-likeness (QED) is 0.871. The van der Waals surface area contributed by atoms with E-state index in [1.54, 1.807) is 20.4 Å². The maximum absolute atomic E-state index is 5.82. The Morgan fingerprint density at radius 3 is 2.53 bits per heavy atom. The molecule has 88 valence electrons. The molecule has 0 fully saturated rings. The minimum Gasteiger partial charge on any atom is -0.493 e. The molecule has 0 radical (unpaired) electrons. The molecule has 2 N–H and O–H groups in total. The van der Waals surface area contributed by atoms with Gasteiger partial charge < -0.3 is 15.2 Å². The van der Waals surface area contributed by atoms with Crippen LogP contribution in [-0.4, -0.2) is 24.2 Å². The number of nitrogen functional groups attached to an aromatic ring is 1. The van der Waals surface area contributed by atoms with Crippen molar-refractivity contribution in [3.05, 3.63) is 30.7 Å². The summed E-state index contributed by atoms with van der Waals surface area (Å²) in [4.78, 5) is 8.00. The fourth-order valence-corrected chi connectivity index (χ4v) is 1.57. The second-order valence-corrected chi connectivity index (χ2v) is 3.40. The fourth-order valence-electron chi connectivity index (χ4n) is 1.57. The van der Waals surface area contributed by atoms with Crippen LogP contribution in [0, 0.1) is 0 Å². The molecule has 2 aromatic rings. The lowest BCUT2D eigenvalue weighted by atomic mass is 10.1. The highest BCUT2D eigenvalue weighted by atomic mass is 16.5. The molecule has 1 aromatic carbocycles. The second kappa shape index (κ2) is 4.69. The number of anilines is 1. The predicted molar refractivity (Wildman–Crippen MR) is 65.0 cm³/mol. The van der Waals surface area contributed by atoms with Gasteiger partial charge in [-0.2, -0.15) is 0 Å². The molecule has 0 aliphatic heterocycles. The van der Waals surface area contributed by atoms with Crippen LogP contribution in [0.1, 0.15) is 0 Å². The van der Waals surface area contributed by atoms with Crippen LogP contribution in [0.3, 0.4) is 0 Å². The van der Waals surface area contributed by atoms with Crippen molar-refractivity contribution in [3.63, 3.8) is 0 Å². The average Bonchev–Trinajstić information content (AvgIpc) is 2.38. The van der Waals surface area contributed by atoms with Gasteiger partial charge in [-0.3, -0.25) is 0 Å². The van der Waals surface area contributed by atoms with E-state index in [-0.39, 0.29) is 0 Å². The van der Waals surface area contributed by atoms with Gasteiger partial charge in [-0.15, -0.1) is 0 Å². The van der Waals surface area contributed by atoms with Gasteiger partial charge in [0.2, 0.25) is 0 Å². The first-order valence-corrected chi connectivity index (χ1v) is 5.04. The van der Waals surface area contributed by atoms with Crippen LogP contribution in [0.2, 0.25) is 0 Å². The molecule has 0 unspecified atom stereocenters. The van der Waals surface area contributed by atoms with Gasteiger partial charge >= 0.3 is 0 Å². The smallest absolute Gasteiger partial charge is 0.161 e. The Labute approximate surface area is 99.2 Å². The van der Waals surface area contributed by atoms with Crippen LogP contribution in [0.15, 0.2) is 30.7 Å². The molecule has 0 bridgehead atoms. The normalized spacial score (nSPS) is 10.0. The van der Waals surface area contributed by atoms with E-state index < -0.39 is 0 Å². The van der Waals surface area contributed by atoms with Crippen LogP contribution in [0.5, 0.6) is 11.5 Å². The molecule has 0 aliphatic carbocycles. The number of nitrogens with two attached hydrogens (primary N) is 1. The third-order valence-electron chi connectivity index (χ3n) is 2.40. The lowest BCUT2D eigenvalue weighted by Crippen LogP contribution is -1.96. The molecular formula is C12H13N3O2. The zero-order chi connectivity index (χ0) is 12.3. The van der Waals surface area contributed by atoms with Crippen molar-refractivity contribution in [1.29, 1.82) is 0 Å². The SMILES string of the molecule is COc1ccc(-c2ncncc2N)cc1OC. The standard InChI is InChI=1S/C12H13N3O2/c1-16-10-4-3-8(5-11(10)17-2)12-9(13)6-14-7-15-12/h3-7H,13H2,1-2H3. The third-order valence-corrected chi connectivity index (χ3v) is 2.40. The molecule has 0 spiro atoms. The summed E-state index contributed by atoms with van der Waals surface area (Å²) in [6.45, 7) is 0. The predicted octanol–water partition coefficient (Wildman–Crippen LogP) is 1.74. The Kier molecular flexibility index (Phi) is 3.09. The van der Waals surface area contributed by atoms with Crippen LogP contribution < -0.4 is 15.2 Å². The van der Waals surface area contributed by atoms with Gasteiger partial charge in [0.05, 0.1) is 31.8 Å². The zero-order valence-corrected chi connectivity index (χ0v) is 9.68. The van der Waals surface area contributed by atoms with E-state index in [4.69, 9.17) is 15.2 Å². The van der Waals surface area contributed by atoms with Crippen LogP contribution in [-0.2, 0) is 0 Å². The van der Waals surface area contributed by atoms with Gasteiger partial charge in [0.1, 0.15) is 6.33 Å². The largest absolute Gasteiger partial charge is 0.493 e. The molecular weight excluding hydrogens is 218 g/mol. The molecule has 5 heteroatoms. The molecule has 0 atom stereocenters. The van der Waals surface area contributed by atoms with Crippen molar-refractivity contribution < 1.29 is 9.47 Å². The van der Waals surface area contributed by atoms with Crippen LogP contribution >= 0.6 is 0 Å². The lowest BCUT2D eigenvalue weighted by Gasteiger charge is -2.10. The van der Waals surface area contributed by atoms with E-state index in [9.17, 15) is 0 Å². The minimum absolute atomic E-state index is 0.528. The van der Waals surface area contributed by atoms with E-state index in [2.05, 4.69) is 9.97 Å². The molecule has 5 nitrogen and oxygen atoms in total. The monoisotopic (exact) mass is 231 g/mol. The van der Waals surface area contributed by atoms with Crippen molar-refractivity contribution in [2.24, 2.45) is 0 Å². The zero-order valence-electron chi connectivity index (χ0n) is 9.68. The second-order valence-electron chi connectivity index (χ2n) is 3.40. The molecule has 1 aromatic heterocycles. The highest BCUT2D eigenvalue weighted by molar-refractivity contribution is 5.73. The number of rotatable bonds is 3. The number of aromatic nitrogens is 2. The van der Waals surface area contributed by atoms with Crippen LogP contribution in [0.4, 0.5) is 5.69 Å². The van der Waals surface area contributed by atoms with Gasteiger partial charge in [-0.1, -0.05) is 0 Å². The Bertz CT molecular complexity index is 529. The summed E-state index contributed by atoms with van der Waals surface area (Å²) in [5.41, 5.74) is 7.89. The van der Waals surface area contributed by atoms with Gasteiger partial charge in [-0.25, -0.2) is 9.97 Å². The van der Waals surface area contributed by atoms with Crippen molar-refractivity contribution in [2.75, 3.05) is 20.0 Å². The highest BCUT2D eigenvalue weighted by Crippen LogP contribution is 2.32. The topological polar surface area (TPSA) is 70.3 Å². The molecule has 0 aliphatic rings. The van der Waals surface area contributed by atoms with Crippen molar-refractivity contribution >= 4 is 5.69 Å². The third kappa shape index (κ3) is 2.13. The van der Waals surface area contributed by atoms with E-state index in [0.717, 1.165) is 5.56 Å². The van der Waals surface area contributed by atoms with E-state index >= 15 is 0 Å². The number of hydrogen-bond donors (Lipinski definition) is 1. The van der Waals surface area contributed by atoms with Crippen molar-refractivity contribution in [3.8, 4) is 22.8 Å². The number of ether oxygens (including phenoxy) is 2. The minimum atomic E-state index is 0.528. The lowest BCUT2D eigenvalue weighted by molar-refractivity contribution is 0.355. The van der Waals surface area contributed by atoms with Crippen molar-refractivity contribution in [2.45, 2.75) is 0 Å².